The summed E-state index contributed by atoms with van der Waals surface area (Å²) >= 11 is 1.67. The van der Waals surface area contributed by atoms with Gasteiger partial charge in [0, 0.05) is 23.1 Å². The Hall–Kier alpha value is -3.90. The molecule has 0 amide bonds. The summed E-state index contributed by atoms with van der Waals surface area (Å²) in [6.07, 6.45) is 2.48. The van der Waals surface area contributed by atoms with Crippen molar-refractivity contribution in [3.8, 4) is 21.9 Å². The van der Waals surface area contributed by atoms with Crippen LogP contribution in [-0.4, -0.2) is 23.7 Å². The lowest BCUT2D eigenvalue weighted by Gasteiger charge is -2.07. The molecule has 0 saturated carbocycles. The average molecular weight is 454 g/mol. The largest absolute Gasteiger partial charge is 0.497 e. The Kier molecular flexibility index (Phi) is 6.17. The van der Waals surface area contributed by atoms with Gasteiger partial charge in [0.15, 0.2) is 5.82 Å². The van der Waals surface area contributed by atoms with Crippen LogP contribution in [0.4, 0.5) is 11.5 Å². The van der Waals surface area contributed by atoms with Gasteiger partial charge in [-0.05, 0) is 53.6 Å². The normalized spacial score (nSPS) is 10.8. The molecule has 0 aliphatic heterocycles. The van der Waals surface area contributed by atoms with E-state index in [1.807, 2.05) is 42.5 Å². The fourth-order valence-corrected chi connectivity index (χ4v) is 4.63. The van der Waals surface area contributed by atoms with E-state index in [-0.39, 0.29) is 0 Å². The summed E-state index contributed by atoms with van der Waals surface area (Å²) in [5, 5.41) is 3.39. The second kappa shape index (κ2) is 9.71. The number of thiophene rings is 1. The van der Waals surface area contributed by atoms with Gasteiger partial charge in [-0.15, -0.1) is 11.3 Å². The summed E-state index contributed by atoms with van der Waals surface area (Å²) < 4.78 is 12.3. The third-order valence-corrected chi connectivity index (χ3v) is 6.46. The molecule has 2 aromatic heterocycles. The van der Waals surface area contributed by atoms with Crippen molar-refractivity contribution in [2.45, 2.75) is 6.42 Å². The molecule has 3 aromatic carbocycles. The van der Waals surface area contributed by atoms with Gasteiger partial charge in [0.2, 0.25) is 0 Å². The van der Waals surface area contributed by atoms with Crippen LogP contribution in [0, 0.1) is 0 Å². The highest BCUT2D eigenvalue weighted by atomic mass is 32.1. The number of benzene rings is 3. The van der Waals surface area contributed by atoms with E-state index < -0.39 is 0 Å². The monoisotopic (exact) mass is 453 g/mol. The first-order chi connectivity index (χ1) is 16.3. The minimum atomic E-state index is 0.654. The van der Waals surface area contributed by atoms with E-state index in [1.165, 1.54) is 5.56 Å². The third-order valence-electron chi connectivity index (χ3n) is 5.28. The summed E-state index contributed by atoms with van der Waals surface area (Å²) in [6, 6.07) is 28.5. The molecule has 164 valence electrons. The maximum absolute atomic E-state index is 5.92. The first kappa shape index (κ1) is 21.0. The lowest BCUT2D eigenvalue weighted by molar-refractivity contribution is 0.322. The number of methoxy groups -OCH3 is 1. The van der Waals surface area contributed by atoms with E-state index in [1.54, 1.807) is 24.8 Å². The Morgan fingerprint density at radius 2 is 1.70 bits per heavy atom. The molecule has 0 aliphatic carbocycles. The minimum absolute atomic E-state index is 0.654. The number of nitrogens with zero attached hydrogens (tertiary/aromatic N) is 2. The molecule has 0 saturated heterocycles. The van der Waals surface area contributed by atoms with Gasteiger partial charge in [-0.25, -0.2) is 9.97 Å². The van der Waals surface area contributed by atoms with E-state index in [2.05, 4.69) is 57.7 Å². The van der Waals surface area contributed by atoms with E-state index in [4.69, 9.17) is 9.47 Å². The summed E-state index contributed by atoms with van der Waals surface area (Å²) in [7, 11) is 1.66. The van der Waals surface area contributed by atoms with Crippen molar-refractivity contribution in [2.75, 3.05) is 19.0 Å². The van der Waals surface area contributed by atoms with Crippen molar-refractivity contribution in [2.24, 2.45) is 0 Å². The van der Waals surface area contributed by atoms with E-state index in [0.29, 0.717) is 6.61 Å². The van der Waals surface area contributed by atoms with Gasteiger partial charge in [0.1, 0.15) is 17.8 Å². The fourth-order valence-electron chi connectivity index (χ4n) is 3.57. The van der Waals surface area contributed by atoms with Crippen molar-refractivity contribution in [1.29, 1.82) is 0 Å². The molecule has 0 fully saturated rings. The smallest absolute Gasteiger partial charge is 0.151 e. The van der Waals surface area contributed by atoms with Crippen LogP contribution >= 0.6 is 11.3 Å². The van der Waals surface area contributed by atoms with Crippen molar-refractivity contribution in [3.05, 3.63) is 96.8 Å². The molecule has 0 unspecified atom stereocenters. The molecular formula is C27H23N3O2S. The Balaban J connectivity index is 1.31. The van der Waals surface area contributed by atoms with Crippen molar-refractivity contribution >= 4 is 33.1 Å². The lowest BCUT2D eigenvalue weighted by Crippen LogP contribution is -2.00. The van der Waals surface area contributed by atoms with Gasteiger partial charge < -0.3 is 14.8 Å². The van der Waals surface area contributed by atoms with E-state index in [0.717, 1.165) is 50.1 Å². The second-order valence-corrected chi connectivity index (χ2v) is 8.56. The van der Waals surface area contributed by atoms with Crippen LogP contribution in [0.1, 0.15) is 5.56 Å². The molecule has 0 bridgehead atoms. The number of ether oxygens (including phenoxy) is 2. The molecule has 0 radical (unpaired) electrons. The Morgan fingerprint density at radius 3 is 2.52 bits per heavy atom. The number of anilines is 2. The van der Waals surface area contributed by atoms with Crippen molar-refractivity contribution < 1.29 is 9.47 Å². The highest BCUT2D eigenvalue weighted by Gasteiger charge is 2.11. The van der Waals surface area contributed by atoms with Gasteiger partial charge in [0.25, 0.3) is 0 Å². The number of aromatic nitrogens is 2. The number of nitrogens with one attached hydrogen (secondary N) is 1. The molecule has 5 nitrogen and oxygen atoms in total. The predicted octanol–water partition coefficient (Wildman–Crippen LogP) is 6.73. The number of rotatable bonds is 8. The van der Waals surface area contributed by atoms with Crippen molar-refractivity contribution in [1.82, 2.24) is 9.97 Å². The SMILES string of the molecule is COc1cccc(Nc2ncnc3cc(-c4ccc(OCCc5ccccc5)cc4)sc23)c1. The minimum Gasteiger partial charge on any atom is -0.497 e. The molecule has 0 atom stereocenters. The summed E-state index contributed by atoms with van der Waals surface area (Å²) in [6.45, 7) is 0.654. The molecule has 5 aromatic rings. The Labute approximate surface area is 196 Å². The number of hydrogen-bond donors (Lipinski definition) is 1. The predicted molar refractivity (Wildman–Crippen MR) is 135 cm³/mol. The van der Waals surface area contributed by atoms with Crippen LogP contribution in [0.15, 0.2) is 91.3 Å². The molecular weight excluding hydrogens is 430 g/mol. The molecule has 0 aliphatic rings. The maximum atomic E-state index is 5.92. The Bertz CT molecular complexity index is 1350. The fraction of sp³-hybridized carbons (Fsp3) is 0.111. The van der Waals surface area contributed by atoms with Crippen LogP contribution in [0.3, 0.4) is 0 Å². The van der Waals surface area contributed by atoms with Crippen LogP contribution < -0.4 is 14.8 Å². The summed E-state index contributed by atoms with van der Waals surface area (Å²) in [5.74, 6) is 2.45. The highest BCUT2D eigenvalue weighted by Crippen LogP contribution is 2.37. The second-order valence-electron chi connectivity index (χ2n) is 7.51. The molecule has 1 N–H and O–H groups in total. The summed E-state index contributed by atoms with van der Waals surface area (Å²) in [5.41, 5.74) is 4.24. The molecule has 0 spiro atoms. The van der Waals surface area contributed by atoms with Gasteiger partial charge >= 0.3 is 0 Å². The average Bonchev–Trinajstić information content (AvgIpc) is 3.31. The van der Waals surface area contributed by atoms with Gasteiger partial charge in [-0.3, -0.25) is 0 Å². The quantitative estimate of drug-likeness (QED) is 0.282. The molecule has 2 heterocycles. The highest BCUT2D eigenvalue weighted by molar-refractivity contribution is 7.22. The van der Waals surface area contributed by atoms with Crippen molar-refractivity contribution in [3.63, 3.8) is 0 Å². The van der Waals surface area contributed by atoms with E-state index >= 15 is 0 Å². The van der Waals surface area contributed by atoms with Gasteiger partial charge in [-0.1, -0.05) is 36.4 Å². The van der Waals surface area contributed by atoms with Crippen LogP contribution in [0.25, 0.3) is 20.7 Å². The maximum Gasteiger partial charge on any atom is 0.151 e. The third kappa shape index (κ3) is 4.96. The first-order valence-electron chi connectivity index (χ1n) is 10.7. The Morgan fingerprint density at radius 1 is 0.848 bits per heavy atom. The van der Waals surface area contributed by atoms with Gasteiger partial charge in [-0.2, -0.15) is 0 Å². The topological polar surface area (TPSA) is 56.3 Å². The number of fused-ring (bicyclic) bond motifs is 1. The van der Waals surface area contributed by atoms with Crippen LogP contribution in [0.2, 0.25) is 0 Å². The zero-order valence-corrected chi connectivity index (χ0v) is 19.0. The standard InChI is InChI=1S/C27H23N3O2S/c1-31-23-9-5-8-21(16-23)30-27-26-24(28-18-29-27)17-25(33-26)20-10-12-22(13-11-20)32-15-14-19-6-3-2-4-7-19/h2-13,16-18H,14-15H2,1H3,(H,28,29,30). The van der Waals surface area contributed by atoms with E-state index in [9.17, 15) is 0 Å². The molecule has 6 heteroatoms. The lowest BCUT2D eigenvalue weighted by atomic mass is 10.1. The first-order valence-corrected chi connectivity index (χ1v) is 11.5. The zero-order valence-electron chi connectivity index (χ0n) is 18.2. The number of hydrogen-bond acceptors (Lipinski definition) is 6. The van der Waals surface area contributed by atoms with Gasteiger partial charge in [0.05, 0.1) is 23.9 Å². The molecule has 5 rings (SSSR count). The van der Waals surface area contributed by atoms with Crippen LogP contribution in [0.5, 0.6) is 11.5 Å². The molecule has 33 heavy (non-hydrogen) atoms. The zero-order chi connectivity index (χ0) is 22.5. The van der Waals surface area contributed by atoms with Crippen LogP contribution in [-0.2, 0) is 6.42 Å². The summed E-state index contributed by atoms with van der Waals surface area (Å²) in [4.78, 5) is 10.1.